The molecule has 0 aliphatic carbocycles. The van der Waals surface area contributed by atoms with Crippen LogP contribution < -0.4 is 0 Å². The van der Waals surface area contributed by atoms with Gasteiger partial charge in [0.05, 0.1) is 6.04 Å². The summed E-state index contributed by atoms with van der Waals surface area (Å²) < 4.78 is 0. The van der Waals surface area contributed by atoms with Gasteiger partial charge >= 0.3 is 0 Å². The number of hydrogen-bond acceptors (Lipinski definition) is 3. The number of nitrogens with zero attached hydrogens (tertiary/aromatic N) is 3. The number of likely N-dealkylation sites (N-methyl/N-ethyl adjacent to an activating group) is 3. The van der Waals surface area contributed by atoms with E-state index in [2.05, 4.69) is 31.4 Å². The fourth-order valence-corrected chi connectivity index (χ4v) is 2.42. The molecule has 0 spiro atoms. The van der Waals surface area contributed by atoms with Crippen molar-refractivity contribution in [3.05, 3.63) is 37.0 Å². The fourth-order valence-electron chi connectivity index (χ4n) is 2.42. The van der Waals surface area contributed by atoms with Crippen molar-refractivity contribution >= 4 is 5.91 Å². The summed E-state index contributed by atoms with van der Waals surface area (Å²) in [4.78, 5) is 18.7. The Morgan fingerprint density at radius 1 is 1.04 bits per heavy atom. The van der Waals surface area contributed by atoms with E-state index in [9.17, 15) is 4.79 Å². The van der Waals surface area contributed by atoms with Crippen LogP contribution in [0, 0.1) is 0 Å². The zero-order valence-corrected chi connectivity index (χ0v) is 15.7. The lowest BCUT2D eigenvalue weighted by Crippen LogP contribution is -2.46. The van der Waals surface area contributed by atoms with Crippen molar-refractivity contribution in [2.45, 2.75) is 32.7 Å². The summed E-state index contributed by atoms with van der Waals surface area (Å²) in [6.45, 7) is 11.6. The molecular weight excluding hydrogens is 286 g/mol. The molecule has 0 bridgehead atoms. The van der Waals surface area contributed by atoms with E-state index in [0.717, 1.165) is 39.0 Å². The Morgan fingerprint density at radius 2 is 1.74 bits per heavy atom. The van der Waals surface area contributed by atoms with Gasteiger partial charge in [0.15, 0.2) is 0 Å². The van der Waals surface area contributed by atoms with Crippen LogP contribution >= 0.6 is 0 Å². The number of rotatable bonds is 12. The highest BCUT2D eigenvalue weighted by Gasteiger charge is 2.22. The Kier molecular flexibility index (Phi) is 12.3. The summed E-state index contributed by atoms with van der Waals surface area (Å²) in [6, 6.07) is -0.0188. The van der Waals surface area contributed by atoms with Gasteiger partial charge in [-0.2, -0.15) is 0 Å². The minimum Gasteiger partial charge on any atom is -0.343 e. The summed E-state index contributed by atoms with van der Waals surface area (Å²) in [5.74, 6) is 0.211. The van der Waals surface area contributed by atoms with Crippen LogP contribution in [0.1, 0.15) is 26.7 Å². The van der Waals surface area contributed by atoms with Gasteiger partial charge in [0.2, 0.25) is 5.91 Å². The van der Waals surface area contributed by atoms with Crippen LogP contribution in [0.15, 0.2) is 37.0 Å². The molecule has 4 heteroatoms. The number of amides is 1. The van der Waals surface area contributed by atoms with Gasteiger partial charge in [-0.05, 0) is 33.5 Å². The van der Waals surface area contributed by atoms with Gasteiger partial charge in [0, 0.05) is 26.7 Å². The van der Waals surface area contributed by atoms with Crippen LogP contribution in [0.3, 0.4) is 0 Å². The Labute approximate surface area is 143 Å². The molecule has 0 aliphatic heterocycles. The van der Waals surface area contributed by atoms with Crippen LogP contribution in [0.25, 0.3) is 0 Å². The molecular formula is C19H35N3O. The molecule has 0 radical (unpaired) electrons. The van der Waals surface area contributed by atoms with Gasteiger partial charge in [-0.25, -0.2) is 0 Å². The molecule has 132 valence electrons. The first kappa shape index (κ1) is 21.6. The van der Waals surface area contributed by atoms with E-state index in [-0.39, 0.29) is 11.9 Å². The largest absolute Gasteiger partial charge is 0.343 e. The van der Waals surface area contributed by atoms with E-state index in [0.29, 0.717) is 0 Å². The summed E-state index contributed by atoms with van der Waals surface area (Å²) >= 11 is 0. The SMILES string of the molecule is C=C/C=C\C=C/CCN(CC)CCN(C)C(=O)[C@@H](CC)N(C)C. The number of allylic oxidation sites excluding steroid dienone is 4. The van der Waals surface area contributed by atoms with Crippen LogP contribution in [0.2, 0.25) is 0 Å². The van der Waals surface area contributed by atoms with Crippen LogP contribution in [-0.4, -0.2) is 74.0 Å². The average molecular weight is 322 g/mol. The molecule has 1 amide bonds. The maximum Gasteiger partial charge on any atom is 0.239 e. The van der Waals surface area contributed by atoms with Crippen LogP contribution in [0.5, 0.6) is 0 Å². The topological polar surface area (TPSA) is 26.8 Å². The van der Waals surface area contributed by atoms with Crippen molar-refractivity contribution in [3.8, 4) is 0 Å². The van der Waals surface area contributed by atoms with Gasteiger partial charge in [0.25, 0.3) is 0 Å². The predicted molar refractivity (Wildman–Crippen MR) is 101 cm³/mol. The van der Waals surface area contributed by atoms with E-state index in [1.165, 1.54) is 0 Å². The smallest absolute Gasteiger partial charge is 0.239 e. The van der Waals surface area contributed by atoms with Gasteiger partial charge in [-0.3, -0.25) is 9.69 Å². The Balaban J connectivity index is 4.23. The number of carbonyl (C=O) groups is 1. The minimum absolute atomic E-state index is 0.0188. The molecule has 0 N–H and O–H groups in total. The molecule has 0 rings (SSSR count). The molecule has 0 saturated carbocycles. The highest BCUT2D eigenvalue weighted by Crippen LogP contribution is 2.04. The lowest BCUT2D eigenvalue weighted by molar-refractivity contribution is -0.135. The molecule has 0 fully saturated rings. The second-order valence-corrected chi connectivity index (χ2v) is 5.92. The van der Waals surface area contributed by atoms with Gasteiger partial charge in [-0.15, -0.1) is 0 Å². The van der Waals surface area contributed by atoms with Gasteiger partial charge < -0.3 is 9.80 Å². The van der Waals surface area contributed by atoms with Crippen molar-refractivity contribution in [2.75, 3.05) is 47.3 Å². The third kappa shape index (κ3) is 9.36. The average Bonchev–Trinajstić information content (AvgIpc) is 2.53. The van der Waals surface area contributed by atoms with E-state index >= 15 is 0 Å². The normalized spacial score (nSPS) is 13.3. The molecule has 0 saturated heterocycles. The lowest BCUT2D eigenvalue weighted by Gasteiger charge is -2.29. The predicted octanol–water partition coefficient (Wildman–Crippen LogP) is 2.80. The first-order chi connectivity index (χ1) is 11.0. The first-order valence-corrected chi connectivity index (χ1v) is 8.55. The molecule has 0 aromatic rings. The second kappa shape index (κ2) is 13.1. The van der Waals surface area contributed by atoms with Crippen molar-refractivity contribution in [3.63, 3.8) is 0 Å². The van der Waals surface area contributed by atoms with Crippen molar-refractivity contribution < 1.29 is 4.79 Å². The van der Waals surface area contributed by atoms with Crippen molar-refractivity contribution in [2.24, 2.45) is 0 Å². The Morgan fingerprint density at radius 3 is 2.26 bits per heavy atom. The highest BCUT2D eigenvalue weighted by atomic mass is 16.2. The van der Waals surface area contributed by atoms with Crippen molar-refractivity contribution in [1.29, 1.82) is 0 Å². The molecule has 0 aromatic heterocycles. The Bertz CT molecular complexity index is 388. The zero-order valence-electron chi connectivity index (χ0n) is 15.7. The molecule has 0 aliphatic rings. The van der Waals surface area contributed by atoms with Crippen LogP contribution in [0.4, 0.5) is 0 Å². The summed E-state index contributed by atoms with van der Waals surface area (Å²) in [5, 5.41) is 0. The Hall–Kier alpha value is -1.39. The summed E-state index contributed by atoms with van der Waals surface area (Å²) in [6.07, 6.45) is 11.8. The minimum atomic E-state index is -0.0188. The lowest BCUT2D eigenvalue weighted by atomic mass is 10.2. The quantitative estimate of drug-likeness (QED) is 0.517. The molecule has 4 nitrogen and oxygen atoms in total. The molecule has 1 atom stereocenters. The van der Waals surface area contributed by atoms with Crippen molar-refractivity contribution in [1.82, 2.24) is 14.7 Å². The van der Waals surface area contributed by atoms with E-state index in [4.69, 9.17) is 0 Å². The molecule has 0 unspecified atom stereocenters. The van der Waals surface area contributed by atoms with Gasteiger partial charge in [-0.1, -0.05) is 50.8 Å². The molecule has 0 aromatic carbocycles. The summed E-state index contributed by atoms with van der Waals surface area (Å²) in [7, 11) is 5.83. The molecule has 0 heterocycles. The highest BCUT2D eigenvalue weighted by molar-refractivity contribution is 5.81. The fraction of sp³-hybridized carbons (Fsp3) is 0.632. The number of carbonyl (C=O) groups excluding carboxylic acids is 1. The van der Waals surface area contributed by atoms with Gasteiger partial charge in [0.1, 0.15) is 0 Å². The van der Waals surface area contributed by atoms with E-state index in [1.807, 2.05) is 49.2 Å². The third-order valence-electron chi connectivity index (χ3n) is 3.98. The van der Waals surface area contributed by atoms with E-state index < -0.39 is 0 Å². The maximum absolute atomic E-state index is 12.4. The van der Waals surface area contributed by atoms with Crippen LogP contribution in [-0.2, 0) is 4.79 Å². The summed E-state index contributed by atoms with van der Waals surface area (Å²) in [5.41, 5.74) is 0. The third-order valence-corrected chi connectivity index (χ3v) is 3.98. The van der Waals surface area contributed by atoms with E-state index in [1.54, 1.807) is 6.08 Å². The second-order valence-electron chi connectivity index (χ2n) is 5.92. The zero-order chi connectivity index (χ0) is 17.7. The standard InChI is InChI=1S/C19H35N3O/c1-7-10-11-12-13-14-15-22(9-3)17-16-21(6)19(23)18(8-2)20(4)5/h7,10-13,18H,1,8-9,14-17H2,2-6H3/b11-10-,13-12-/t18-/m1/s1. The monoisotopic (exact) mass is 321 g/mol. The number of hydrogen-bond donors (Lipinski definition) is 0. The molecule has 23 heavy (non-hydrogen) atoms. The first-order valence-electron chi connectivity index (χ1n) is 8.55. The maximum atomic E-state index is 12.4.